The van der Waals surface area contributed by atoms with E-state index >= 15 is 0 Å². The van der Waals surface area contributed by atoms with Crippen LogP contribution in [0, 0.1) is 5.92 Å². The molecule has 4 nitrogen and oxygen atoms in total. The molecule has 1 aromatic carbocycles. The van der Waals surface area contributed by atoms with Gasteiger partial charge in [-0.1, -0.05) is 0 Å². The highest BCUT2D eigenvalue weighted by Gasteiger charge is 2.34. The lowest BCUT2D eigenvalue weighted by molar-refractivity contribution is 0.122. The van der Waals surface area contributed by atoms with E-state index in [-0.39, 0.29) is 5.75 Å². The second-order valence-electron chi connectivity index (χ2n) is 4.64. The van der Waals surface area contributed by atoms with Crippen LogP contribution >= 0.6 is 15.9 Å². The summed E-state index contributed by atoms with van der Waals surface area (Å²) >= 11 is 3.27. The summed E-state index contributed by atoms with van der Waals surface area (Å²) in [5.41, 5.74) is 6.82. The third-order valence-electron chi connectivity index (χ3n) is 3.21. The van der Waals surface area contributed by atoms with Gasteiger partial charge in [0, 0.05) is 0 Å². The molecule has 0 aromatic heterocycles. The van der Waals surface area contributed by atoms with Crippen molar-refractivity contribution in [2.45, 2.75) is 31.9 Å². The van der Waals surface area contributed by atoms with Gasteiger partial charge in [0.25, 0.3) is 0 Å². The van der Waals surface area contributed by atoms with Crippen LogP contribution in [0.5, 0.6) is 11.5 Å². The molecular formula is C13H18BrNO3. The summed E-state index contributed by atoms with van der Waals surface area (Å²) < 4.78 is 5.88. The number of halogens is 1. The smallest absolute Gasteiger partial charge is 0.172 e. The summed E-state index contributed by atoms with van der Waals surface area (Å²) in [5.74, 6) is 0.761. The first-order valence-corrected chi connectivity index (χ1v) is 6.92. The highest BCUT2D eigenvalue weighted by Crippen LogP contribution is 2.41. The summed E-state index contributed by atoms with van der Waals surface area (Å²) in [6.45, 7) is 2.31. The van der Waals surface area contributed by atoms with Crippen LogP contribution < -0.4 is 10.5 Å². The Hall–Kier alpha value is -0.780. The molecule has 2 rings (SSSR count). The molecule has 0 saturated heterocycles. The molecule has 0 bridgehead atoms. The molecule has 0 unspecified atom stereocenters. The van der Waals surface area contributed by atoms with Crippen molar-refractivity contribution in [3.8, 4) is 11.5 Å². The van der Waals surface area contributed by atoms with Crippen molar-refractivity contribution in [2.24, 2.45) is 11.7 Å². The van der Waals surface area contributed by atoms with Crippen LogP contribution in [0.25, 0.3) is 0 Å². The molecule has 0 aliphatic heterocycles. The fraction of sp³-hybridized carbons (Fsp3) is 0.538. The Morgan fingerprint density at radius 3 is 2.72 bits per heavy atom. The highest BCUT2D eigenvalue weighted by molar-refractivity contribution is 9.10. The Kier molecular flexibility index (Phi) is 4.14. The van der Waals surface area contributed by atoms with Gasteiger partial charge in [-0.25, -0.2) is 0 Å². The number of phenols is 1. The summed E-state index contributed by atoms with van der Waals surface area (Å²) in [5, 5.41) is 19.9. The Bertz CT molecular complexity index is 434. The molecule has 100 valence electrons. The van der Waals surface area contributed by atoms with Crippen molar-refractivity contribution < 1.29 is 14.9 Å². The molecule has 1 aliphatic carbocycles. The molecule has 4 N–H and O–H groups in total. The lowest BCUT2D eigenvalue weighted by atomic mass is 9.99. The molecule has 0 heterocycles. The van der Waals surface area contributed by atoms with Crippen molar-refractivity contribution in [1.29, 1.82) is 0 Å². The van der Waals surface area contributed by atoms with Gasteiger partial charge in [0.05, 0.1) is 23.2 Å². The normalized spacial score (nSPS) is 18.4. The minimum atomic E-state index is -0.532. The number of nitrogens with two attached hydrogens (primary N) is 1. The number of rotatable bonds is 5. The third kappa shape index (κ3) is 2.79. The molecule has 1 fully saturated rings. The number of hydrogen-bond acceptors (Lipinski definition) is 4. The Morgan fingerprint density at radius 1 is 1.50 bits per heavy atom. The summed E-state index contributed by atoms with van der Waals surface area (Å²) in [7, 11) is 0. The zero-order chi connectivity index (χ0) is 13.3. The maximum absolute atomic E-state index is 10.0. The molecule has 0 spiro atoms. The van der Waals surface area contributed by atoms with E-state index in [2.05, 4.69) is 15.9 Å². The van der Waals surface area contributed by atoms with Crippen molar-refractivity contribution in [1.82, 2.24) is 0 Å². The Labute approximate surface area is 115 Å². The largest absolute Gasteiger partial charge is 0.503 e. The van der Waals surface area contributed by atoms with E-state index in [1.54, 1.807) is 12.1 Å². The van der Waals surface area contributed by atoms with Crippen LogP contribution in [0.2, 0.25) is 0 Å². The zero-order valence-electron chi connectivity index (χ0n) is 10.3. The van der Waals surface area contributed by atoms with Gasteiger partial charge in [0.2, 0.25) is 0 Å². The topological polar surface area (TPSA) is 75.7 Å². The first-order valence-electron chi connectivity index (χ1n) is 6.13. The average Bonchev–Trinajstić information content (AvgIpc) is 3.17. The predicted molar refractivity (Wildman–Crippen MR) is 72.6 cm³/mol. The SMILES string of the molecule is CCOc1cc([C@H](N)[C@H](O)C2CC2)cc(Br)c1O. The summed E-state index contributed by atoms with van der Waals surface area (Å²) in [4.78, 5) is 0. The van der Waals surface area contributed by atoms with Crippen LogP contribution in [-0.2, 0) is 0 Å². The van der Waals surface area contributed by atoms with E-state index < -0.39 is 12.1 Å². The molecule has 1 aromatic rings. The minimum Gasteiger partial charge on any atom is -0.503 e. The number of aliphatic hydroxyl groups excluding tert-OH is 1. The monoisotopic (exact) mass is 315 g/mol. The lowest BCUT2D eigenvalue weighted by Gasteiger charge is -2.20. The number of ether oxygens (including phenoxy) is 1. The average molecular weight is 316 g/mol. The van der Waals surface area contributed by atoms with Gasteiger partial charge in [0.1, 0.15) is 0 Å². The maximum Gasteiger partial charge on any atom is 0.172 e. The summed E-state index contributed by atoms with van der Waals surface area (Å²) in [6.07, 6.45) is 1.54. The Morgan fingerprint density at radius 2 is 2.17 bits per heavy atom. The van der Waals surface area contributed by atoms with Gasteiger partial charge in [-0.05, 0) is 59.3 Å². The molecule has 1 aliphatic rings. The molecule has 0 amide bonds. The van der Waals surface area contributed by atoms with Gasteiger partial charge in [-0.2, -0.15) is 0 Å². The van der Waals surface area contributed by atoms with E-state index in [0.29, 0.717) is 22.7 Å². The third-order valence-corrected chi connectivity index (χ3v) is 3.81. The molecule has 1 saturated carbocycles. The quantitative estimate of drug-likeness (QED) is 0.779. The molecule has 18 heavy (non-hydrogen) atoms. The first kappa shape index (κ1) is 13.6. The lowest BCUT2D eigenvalue weighted by Crippen LogP contribution is -2.27. The predicted octanol–water partition coefficient (Wildman–Crippen LogP) is 2.32. The summed E-state index contributed by atoms with van der Waals surface area (Å²) in [6, 6.07) is 2.97. The number of hydrogen-bond donors (Lipinski definition) is 3. The van der Waals surface area contributed by atoms with Crippen LogP contribution in [0.4, 0.5) is 0 Å². The van der Waals surface area contributed by atoms with Gasteiger partial charge in [-0.3, -0.25) is 0 Å². The van der Waals surface area contributed by atoms with Crippen LogP contribution in [-0.4, -0.2) is 22.9 Å². The zero-order valence-corrected chi connectivity index (χ0v) is 11.9. The molecule has 5 heteroatoms. The van der Waals surface area contributed by atoms with Crippen molar-refractivity contribution in [2.75, 3.05) is 6.61 Å². The first-order chi connectivity index (χ1) is 8.54. The second kappa shape index (κ2) is 5.47. The Balaban J connectivity index is 2.26. The molecule has 2 atom stereocenters. The fourth-order valence-corrected chi connectivity index (χ4v) is 2.44. The van der Waals surface area contributed by atoms with Gasteiger partial charge in [-0.15, -0.1) is 0 Å². The van der Waals surface area contributed by atoms with Crippen molar-refractivity contribution in [3.05, 3.63) is 22.2 Å². The highest BCUT2D eigenvalue weighted by atomic mass is 79.9. The molecular weight excluding hydrogens is 298 g/mol. The van der Waals surface area contributed by atoms with E-state index in [1.165, 1.54) is 0 Å². The van der Waals surface area contributed by atoms with Crippen LogP contribution in [0.15, 0.2) is 16.6 Å². The standard InChI is InChI=1S/C13H18BrNO3/c1-2-18-10-6-8(5-9(14)13(10)17)11(15)12(16)7-3-4-7/h5-7,11-12,16-17H,2-4,15H2,1H3/t11-,12+/m0/s1. The van der Waals surface area contributed by atoms with Crippen LogP contribution in [0.1, 0.15) is 31.4 Å². The fourth-order valence-electron chi connectivity index (χ4n) is 1.98. The van der Waals surface area contributed by atoms with E-state index in [1.807, 2.05) is 6.92 Å². The van der Waals surface area contributed by atoms with E-state index in [9.17, 15) is 10.2 Å². The minimum absolute atomic E-state index is 0.0636. The van der Waals surface area contributed by atoms with Gasteiger partial charge in [0.15, 0.2) is 11.5 Å². The number of phenolic OH excluding ortho intramolecular Hbond substituents is 1. The van der Waals surface area contributed by atoms with E-state index in [4.69, 9.17) is 10.5 Å². The van der Waals surface area contributed by atoms with E-state index in [0.717, 1.165) is 18.4 Å². The maximum atomic E-state index is 10.0. The number of aromatic hydroxyl groups is 1. The number of benzene rings is 1. The molecule has 0 radical (unpaired) electrons. The second-order valence-corrected chi connectivity index (χ2v) is 5.49. The van der Waals surface area contributed by atoms with Crippen molar-refractivity contribution in [3.63, 3.8) is 0 Å². The van der Waals surface area contributed by atoms with Gasteiger partial charge >= 0.3 is 0 Å². The van der Waals surface area contributed by atoms with Crippen LogP contribution in [0.3, 0.4) is 0 Å². The van der Waals surface area contributed by atoms with Crippen molar-refractivity contribution >= 4 is 15.9 Å². The number of aliphatic hydroxyl groups is 1. The van der Waals surface area contributed by atoms with Gasteiger partial charge < -0.3 is 20.7 Å².